The van der Waals surface area contributed by atoms with Gasteiger partial charge in [-0.15, -0.1) is 0 Å². The number of nitrogens with zero attached hydrogens (tertiary/aromatic N) is 2. The third-order valence-corrected chi connectivity index (χ3v) is 5.71. The summed E-state index contributed by atoms with van der Waals surface area (Å²) in [5.41, 5.74) is 1.55. The highest BCUT2D eigenvalue weighted by Crippen LogP contribution is 2.31. The molecular weight excluding hydrogens is 396 g/mol. The molecule has 1 saturated heterocycles. The third-order valence-electron chi connectivity index (χ3n) is 5.71. The van der Waals surface area contributed by atoms with Gasteiger partial charge in [-0.1, -0.05) is 30.3 Å². The number of nitro benzene ring substituents is 1. The topological polar surface area (TPSA) is 105 Å². The minimum atomic E-state index is -0.757. The van der Waals surface area contributed by atoms with E-state index in [1.807, 2.05) is 35.2 Å². The van der Waals surface area contributed by atoms with Gasteiger partial charge in [-0.25, -0.2) is 0 Å². The van der Waals surface area contributed by atoms with E-state index >= 15 is 0 Å². The largest absolute Gasteiger partial charge is 0.366 e. The number of amides is 2. The molecule has 2 fully saturated rings. The first kappa shape index (κ1) is 20.8. The average molecular weight is 422 g/mol. The van der Waals surface area contributed by atoms with Crippen LogP contribution >= 0.6 is 0 Å². The normalized spacial score (nSPS) is 16.6. The van der Waals surface area contributed by atoms with Crippen LogP contribution in [0.25, 0.3) is 0 Å². The molecule has 0 bridgehead atoms. The fourth-order valence-corrected chi connectivity index (χ4v) is 3.87. The molecule has 0 radical (unpaired) electrons. The summed E-state index contributed by atoms with van der Waals surface area (Å²) in [6.07, 6.45) is 4.23. The first-order valence-electron chi connectivity index (χ1n) is 10.7. The summed E-state index contributed by atoms with van der Waals surface area (Å²) >= 11 is 0. The van der Waals surface area contributed by atoms with Gasteiger partial charge in [-0.05, 0) is 43.4 Å². The van der Waals surface area contributed by atoms with Crippen molar-refractivity contribution in [3.63, 3.8) is 0 Å². The van der Waals surface area contributed by atoms with Crippen LogP contribution in [-0.2, 0) is 11.2 Å². The molecule has 0 aromatic heterocycles. The van der Waals surface area contributed by atoms with Crippen LogP contribution in [0.15, 0.2) is 48.5 Å². The molecule has 4 rings (SSSR count). The molecule has 1 aliphatic heterocycles. The van der Waals surface area contributed by atoms with Gasteiger partial charge < -0.3 is 15.5 Å². The zero-order valence-corrected chi connectivity index (χ0v) is 17.3. The van der Waals surface area contributed by atoms with Crippen molar-refractivity contribution < 1.29 is 14.5 Å². The first-order chi connectivity index (χ1) is 15.0. The minimum Gasteiger partial charge on any atom is -0.366 e. The van der Waals surface area contributed by atoms with Gasteiger partial charge in [0.25, 0.3) is 11.6 Å². The summed E-state index contributed by atoms with van der Waals surface area (Å²) < 4.78 is 0. The van der Waals surface area contributed by atoms with E-state index in [0.717, 1.165) is 44.3 Å². The molecule has 1 aliphatic carbocycles. The molecule has 1 heterocycles. The molecule has 31 heavy (non-hydrogen) atoms. The highest BCUT2D eigenvalue weighted by atomic mass is 16.6. The van der Waals surface area contributed by atoms with Gasteiger partial charge in [0, 0.05) is 37.2 Å². The smallest absolute Gasteiger partial charge is 0.293 e. The molecule has 1 saturated carbocycles. The highest BCUT2D eigenvalue weighted by Gasteiger charge is 2.30. The molecule has 2 aliphatic rings. The van der Waals surface area contributed by atoms with Crippen LogP contribution < -0.4 is 15.5 Å². The number of hydrogen-bond acceptors (Lipinski definition) is 5. The Balaban J connectivity index is 1.53. The Kier molecular flexibility index (Phi) is 6.16. The maximum Gasteiger partial charge on any atom is 0.293 e. The molecule has 8 heteroatoms. The predicted octanol–water partition coefficient (Wildman–Crippen LogP) is 2.81. The lowest BCUT2D eigenvalue weighted by atomic mass is 10.0. The van der Waals surface area contributed by atoms with Gasteiger partial charge >= 0.3 is 0 Å². The van der Waals surface area contributed by atoms with E-state index in [1.165, 1.54) is 6.07 Å². The number of benzene rings is 2. The second-order valence-corrected chi connectivity index (χ2v) is 8.15. The summed E-state index contributed by atoms with van der Waals surface area (Å²) in [5.74, 6) is -0.731. The number of hydrogen-bond donors (Lipinski definition) is 2. The molecular formula is C23H26N4O4. The van der Waals surface area contributed by atoms with Crippen molar-refractivity contribution in [2.45, 2.75) is 44.2 Å². The van der Waals surface area contributed by atoms with E-state index in [0.29, 0.717) is 12.1 Å². The van der Waals surface area contributed by atoms with Crippen LogP contribution in [0.4, 0.5) is 11.4 Å². The van der Waals surface area contributed by atoms with E-state index in [-0.39, 0.29) is 23.2 Å². The molecule has 2 amide bonds. The Bertz CT molecular complexity index is 969. The maximum atomic E-state index is 12.9. The minimum absolute atomic E-state index is 0.0865. The lowest BCUT2D eigenvalue weighted by molar-refractivity contribution is -0.384. The van der Waals surface area contributed by atoms with Crippen LogP contribution in [0.3, 0.4) is 0 Å². The zero-order valence-electron chi connectivity index (χ0n) is 17.3. The molecule has 2 aromatic rings. The quantitative estimate of drug-likeness (QED) is 0.503. The van der Waals surface area contributed by atoms with Crippen LogP contribution in [0.2, 0.25) is 0 Å². The fraction of sp³-hybridized carbons (Fsp3) is 0.391. The van der Waals surface area contributed by atoms with Gasteiger partial charge in [-0.3, -0.25) is 19.7 Å². The van der Waals surface area contributed by atoms with Crippen molar-refractivity contribution in [3.8, 4) is 0 Å². The van der Waals surface area contributed by atoms with E-state index in [2.05, 4.69) is 10.6 Å². The molecule has 0 spiro atoms. The lowest BCUT2D eigenvalue weighted by Gasteiger charge is -2.20. The summed E-state index contributed by atoms with van der Waals surface area (Å²) in [7, 11) is 0. The standard InChI is InChI=1S/C23H26N4O4/c28-22(17-8-11-20(21(15-17)27(30)31)26-12-4-5-13-26)25-19(23(29)24-18-9-10-18)14-16-6-2-1-3-7-16/h1-3,6-8,11,15,18-19H,4-5,9-10,12-14H2,(H,24,29)(H,25,28). The number of rotatable bonds is 8. The van der Waals surface area contributed by atoms with Crippen molar-refractivity contribution in [2.75, 3.05) is 18.0 Å². The van der Waals surface area contributed by atoms with E-state index in [1.54, 1.807) is 12.1 Å². The average Bonchev–Trinajstić information content (AvgIpc) is 3.42. The SMILES string of the molecule is O=C(NC(Cc1ccccc1)C(=O)NC1CC1)c1ccc(N2CCCC2)c([N+](=O)[O-])c1. The molecule has 2 N–H and O–H groups in total. The number of nitrogens with one attached hydrogen (secondary N) is 2. The van der Waals surface area contributed by atoms with Gasteiger partial charge in [0.05, 0.1) is 4.92 Å². The number of anilines is 1. The third kappa shape index (κ3) is 5.20. The summed E-state index contributed by atoms with van der Waals surface area (Å²) in [6.45, 7) is 1.54. The Labute approximate surface area is 180 Å². The van der Waals surface area contributed by atoms with Crippen molar-refractivity contribution in [2.24, 2.45) is 0 Å². The van der Waals surface area contributed by atoms with Crippen molar-refractivity contribution in [1.82, 2.24) is 10.6 Å². The van der Waals surface area contributed by atoms with Gasteiger partial charge in [-0.2, -0.15) is 0 Å². The van der Waals surface area contributed by atoms with Crippen molar-refractivity contribution >= 4 is 23.2 Å². The van der Waals surface area contributed by atoms with E-state index in [9.17, 15) is 19.7 Å². The second-order valence-electron chi connectivity index (χ2n) is 8.15. The molecule has 162 valence electrons. The zero-order chi connectivity index (χ0) is 21.8. The van der Waals surface area contributed by atoms with Crippen LogP contribution in [0, 0.1) is 10.1 Å². The lowest BCUT2D eigenvalue weighted by Crippen LogP contribution is -2.48. The second kappa shape index (κ2) is 9.16. The summed E-state index contributed by atoms with van der Waals surface area (Å²) in [4.78, 5) is 38.8. The highest BCUT2D eigenvalue weighted by molar-refractivity contribution is 5.98. The van der Waals surface area contributed by atoms with Crippen LogP contribution in [-0.4, -0.2) is 41.9 Å². The predicted molar refractivity (Wildman–Crippen MR) is 117 cm³/mol. The van der Waals surface area contributed by atoms with Crippen molar-refractivity contribution in [3.05, 3.63) is 69.8 Å². The number of carbonyl (C=O) groups is 2. The van der Waals surface area contributed by atoms with Crippen LogP contribution in [0.1, 0.15) is 41.6 Å². The van der Waals surface area contributed by atoms with Crippen molar-refractivity contribution in [1.29, 1.82) is 0 Å². The monoisotopic (exact) mass is 422 g/mol. The van der Waals surface area contributed by atoms with Crippen LogP contribution in [0.5, 0.6) is 0 Å². The fourth-order valence-electron chi connectivity index (χ4n) is 3.87. The van der Waals surface area contributed by atoms with Gasteiger partial charge in [0.1, 0.15) is 11.7 Å². The number of nitro groups is 1. The summed E-state index contributed by atoms with van der Waals surface area (Å²) in [6, 6.07) is 13.4. The molecule has 1 atom stereocenters. The molecule has 2 aromatic carbocycles. The van der Waals surface area contributed by atoms with E-state index < -0.39 is 16.9 Å². The van der Waals surface area contributed by atoms with Gasteiger partial charge in [0.2, 0.25) is 5.91 Å². The first-order valence-corrected chi connectivity index (χ1v) is 10.7. The van der Waals surface area contributed by atoms with Gasteiger partial charge in [0.15, 0.2) is 0 Å². The van der Waals surface area contributed by atoms with E-state index in [4.69, 9.17) is 0 Å². The Morgan fingerprint density at radius 2 is 1.81 bits per heavy atom. The Morgan fingerprint density at radius 3 is 2.45 bits per heavy atom. The molecule has 8 nitrogen and oxygen atoms in total. The Hall–Kier alpha value is -3.42. The number of carbonyl (C=O) groups excluding carboxylic acids is 2. The molecule has 1 unspecified atom stereocenters. The Morgan fingerprint density at radius 1 is 1.10 bits per heavy atom. The maximum absolute atomic E-state index is 12.9. The summed E-state index contributed by atoms with van der Waals surface area (Å²) in [5, 5.41) is 17.4.